The summed E-state index contributed by atoms with van der Waals surface area (Å²) in [5.74, 6) is 0.727. The van der Waals surface area contributed by atoms with Crippen LogP contribution in [0.15, 0.2) is 36.4 Å². The van der Waals surface area contributed by atoms with Crippen LogP contribution in [0.4, 0.5) is 5.69 Å². The largest absolute Gasteiger partial charge is 0.497 e. The fraction of sp³-hybridized carbons (Fsp3) is 0.300. The van der Waals surface area contributed by atoms with Gasteiger partial charge >= 0.3 is 0 Å². The van der Waals surface area contributed by atoms with Crippen molar-refractivity contribution in [1.29, 1.82) is 0 Å². The SMILES string of the molecule is COc1cc(OC)cc(N2CCN(C(=O)c3ccc(Cl)c(Cl)c3)[C@H](C)C2=O)c1. The van der Waals surface area contributed by atoms with E-state index in [0.717, 1.165) is 0 Å². The molecule has 0 aliphatic carbocycles. The summed E-state index contributed by atoms with van der Waals surface area (Å²) in [5, 5.41) is 0.674. The number of rotatable bonds is 4. The third kappa shape index (κ3) is 3.88. The molecule has 0 N–H and O–H groups in total. The average Bonchev–Trinajstić information content (AvgIpc) is 2.71. The van der Waals surface area contributed by atoms with Crippen LogP contribution in [0.2, 0.25) is 10.0 Å². The second-order valence-electron chi connectivity index (χ2n) is 6.36. The van der Waals surface area contributed by atoms with E-state index in [-0.39, 0.29) is 11.8 Å². The van der Waals surface area contributed by atoms with Crippen LogP contribution in [-0.4, -0.2) is 50.1 Å². The first-order chi connectivity index (χ1) is 13.3. The van der Waals surface area contributed by atoms with Crippen LogP contribution in [0.25, 0.3) is 0 Å². The molecule has 1 fully saturated rings. The van der Waals surface area contributed by atoms with Crippen molar-refractivity contribution < 1.29 is 19.1 Å². The molecule has 0 radical (unpaired) electrons. The second-order valence-corrected chi connectivity index (χ2v) is 7.18. The Balaban J connectivity index is 1.83. The molecule has 6 nitrogen and oxygen atoms in total. The number of benzene rings is 2. The topological polar surface area (TPSA) is 59.1 Å². The number of halogens is 2. The molecule has 0 aromatic heterocycles. The molecule has 0 bridgehead atoms. The smallest absolute Gasteiger partial charge is 0.254 e. The van der Waals surface area contributed by atoms with Gasteiger partial charge in [0.25, 0.3) is 5.91 Å². The van der Waals surface area contributed by atoms with Gasteiger partial charge in [-0.3, -0.25) is 9.59 Å². The van der Waals surface area contributed by atoms with Gasteiger partial charge in [0, 0.05) is 36.9 Å². The van der Waals surface area contributed by atoms with Crippen molar-refractivity contribution in [2.75, 3.05) is 32.2 Å². The second kappa shape index (κ2) is 8.29. The maximum Gasteiger partial charge on any atom is 0.254 e. The van der Waals surface area contributed by atoms with Crippen LogP contribution >= 0.6 is 23.2 Å². The minimum Gasteiger partial charge on any atom is -0.497 e. The lowest BCUT2D eigenvalue weighted by molar-refractivity contribution is -0.124. The summed E-state index contributed by atoms with van der Waals surface area (Å²) in [6, 6.07) is 9.33. The molecule has 1 saturated heterocycles. The van der Waals surface area contributed by atoms with Crippen molar-refractivity contribution in [3.05, 3.63) is 52.0 Å². The number of carbonyl (C=O) groups is 2. The Labute approximate surface area is 173 Å². The summed E-state index contributed by atoms with van der Waals surface area (Å²) >= 11 is 11.9. The van der Waals surface area contributed by atoms with Crippen LogP contribution in [0.3, 0.4) is 0 Å². The Morgan fingerprint density at radius 2 is 1.64 bits per heavy atom. The van der Waals surface area contributed by atoms with Gasteiger partial charge in [0.05, 0.1) is 30.0 Å². The Morgan fingerprint density at radius 1 is 1.00 bits per heavy atom. The lowest BCUT2D eigenvalue weighted by atomic mass is 10.1. The van der Waals surface area contributed by atoms with Crippen LogP contribution in [0.1, 0.15) is 17.3 Å². The highest BCUT2D eigenvalue weighted by molar-refractivity contribution is 6.42. The molecule has 1 heterocycles. The van der Waals surface area contributed by atoms with Crippen LogP contribution in [0.5, 0.6) is 11.5 Å². The number of hydrogen-bond acceptors (Lipinski definition) is 4. The van der Waals surface area contributed by atoms with Crippen molar-refractivity contribution in [3.63, 3.8) is 0 Å². The summed E-state index contributed by atoms with van der Waals surface area (Å²) in [6.45, 7) is 2.44. The number of carbonyl (C=O) groups excluding carboxylic acids is 2. The molecular weight excluding hydrogens is 403 g/mol. The molecular formula is C20H20Cl2N2O4. The van der Waals surface area contributed by atoms with E-state index in [1.807, 2.05) is 0 Å². The Kier molecular flexibility index (Phi) is 6.01. The number of anilines is 1. The standard InChI is InChI=1S/C20H20Cl2N2O4/c1-12-19(25)24(14-9-15(27-2)11-16(10-14)28-3)7-6-23(12)20(26)13-4-5-17(21)18(22)8-13/h4-5,8-12H,6-7H2,1-3H3/t12-/m1/s1. The molecule has 0 saturated carbocycles. The van der Waals surface area contributed by atoms with Crippen molar-refractivity contribution in [2.45, 2.75) is 13.0 Å². The monoisotopic (exact) mass is 422 g/mol. The highest BCUT2D eigenvalue weighted by atomic mass is 35.5. The molecule has 2 aromatic carbocycles. The van der Waals surface area contributed by atoms with Crippen molar-refractivity contribution in [1.82, 2.24) is 4.90 Å². The quantitative estimate of drug-likeness (QED) is 0.749. The van der Waals surface area contributed by atoms with E-state index in [4.69, 9.17) is 32.7 Å². The fourth-order valence-electron chi connectivity index (χ4n) is 3.15. The van der Waals surface area contributed by atoms with Crippen LogP contribution in [-0.2, 0) is 4.79 Å². The van der Waals surface area contributed by atoms with Gasteiger partial charge in [-0.1, -0.05) is 23.2 Å². The Hall–Kier alpha value is -2.44. The summed E-state index contributed by atoms with van der Waals surface area (Å²) in [6.07, 6.45) is 0. The maximum absolute atomic E-state index is 13.0. The fourth-order valence-corrected chi connectivity index (χ4v) is 3.45. The average molecular weight is 423 g/mol. The third-order valence-electron chi connectivity index (χ3n) is 4.73. The molecule has 1 aliphatic heterocycles. The van der Waals surface area contributed by atoms with Gasteiger partial charge in [-0.2, -0.15) is 0 Å². The number of nitrogens with zero attached hydrogens (tertiary/aromatic N) is 2. The van der Waals surface area contributed by atoms with Crippen molar-refractivity contribution in [2.24, 2.45) is 0 Å². The van der Waals surface area contributed by atoms with E-state index < -0.39 is 6.04 Å². The van der Waals surface area contributed by atoms with Gasteiger partial charge < -0.3 is 19.3 Å². The lowest BCUT2D eigenvalue weighted by Crippen LogP contribution is -2.57. The Morgan fingerprint density at radius 3 is 2.21 bits per heavy atom. The molecule has 0 unspecified atom stereocenters. The number of methoxy groups -OCH3 is 2. The third-order valence-corrected chi connectivity index (χ3v) is 5.47. The summed E-state index contributed by atoms with van der Waals surface area (Å²) in [7, 11) is 3.10. The minimum absolute atomic E-state index is 0.185. The first kappa shape index (κ1) is 20.3. The van der Waals surface area contributed by atoms with Crippen molar-refractivity contribution >= 4 is 40.7 Å². The molecule has 148 valence electrons. The predicted octanol–water partition coefficient (Wildman–Crippen LogP) is 3.89. The number of amides is 2. The molecule has 1 aliphatic rings. The molecule has 8 heteroatoms. The number of piperazine rings is 1. The zero-order valence-electron chi connectivity index (χ0n) is 15.7. The minimum atomic E-state index is -0.632. The predicted molar refractivity (Wildman–Crippen MR) is 109 cm³/mol. The van der Waals surface area contributed by atoms with Gasteiger partial charge in [0.1, 0.15) is 17.5 Å². The molecule has 28 heavy (non-hydrogen) atoms. The van der Waals surface area contributed by atoms with E-state index in [2.05, 4.69) is 0 Å². The summed E-state index contributed by atoms with van der Waals surface area (Å²) in [4.78, 5) is 29.0. The molecule has 2 aromatic rings. The van der Waals surface area contributed by atoms with Gasteiger partial charge in [0.2, 0.25) is 5.91 Å². The normalized spacial score (nSPS) is 16.9. The molecule has 1 atom stereocenters. The van der Waals surface area contributed by atoms with Gasteiger partial charge in [-0.25, -0.2) is 0 Å². The summed E-state index contributed by atoms with van der Waals surface area (Å²) < 4.78 is 10.6. The maximum atomic E-state index is 13.0. The van der Waals surface area contributed by atoms with Gasteiger partial charge in [-0.05, 0) is 25.1 Å². The number of ether oxygens (including phenoxy) is 2. The summed E-state index contributed by atoms with van der Waals surface area (Å²) in [5.41, 5.74) is 1.06. The lowest BCUT2D eigenvalue weighted by Gasteiger charge is -2.39. The number of hydrogen-bond donors (Lipinski definition) is 0. The first-order valence-corrected chi connectivity index (χ1v) is 9.41. The van der Waals surface area contributed by atoms with E-state index in [9.17, 15) is 9.59 Å². The van der Waals surface area contributed by atoms with Crippen LogP contribution in [0, 0.1) is 0 Å². The Bertz CT molecular complexity index is 897. The molecule has 3 rings (SSSR count). The van der Waals surface area contributed by atoms with E-state index in [0.29, 0.717) is 45.9 Å². The van der Waals surface area contributed by atoms with Gasteiger partial charge in [-0.15, -0.1) is 0 Å². The molecule has 0 spiro atoms. The van der Waals surface area contributed by atoms with Crippen LogP contribution < -0.4 is 14.4 Å². The first-order valence-electron chi connectivity index (χ1n) is 8.66. The highest BCUT2D eigenvalue weighted by Gasteiger charge is 2.35. The van der Waals surface area contributed by atoms with E-state index >= 15 is 0 Å². The molecule has 2 amide bonds. The zero-order chi connectivity index (χ0) is 20.4. The van der Waals surface area contributed by atoms with Crippen molar-refractivity contribution in [3.8, 4) is 11.5 Å². The van der Waals surface area contributed by atoms with Gasteiger partial charge in [0.15, 0.2) is 0 Å². The zero-order valence-corrected chi connectivity index (χ0v) is 17.3. The van der Waals surface area contributed by atoms with E-state index in [1.54, 1.807) is 56.4 Å². The highest BCUT2D eigenvalue weighted by Crippen LogP contribution is 2.31. The van der Waals surface area contributed by atoms with E-state index in [1.165, 1.54) is 11.0 Å².